The van der Waals surface area contributed by atoms with Crippen molar-refractivity contribution in [2.24, 2.45) is 0 Å². The van der Waals surface area contributed by atoms with Gasteiger partial charge in [-0.15, -0.1) is 0 Å². The number of aromatic carboxylic acids is 1. The van der Waals surface area contributed by atoms with Crippen molar-refractivity contribution in [2.75, 3.05) is 5.32 Å². The lowest BCUT2D eigenvalue weighted by molar-refractivity contribution is 0.0633. The quantitative estimate of drug-likeness (QED) is 0.899. The fraction of sp³-hybridized carbons (Fsp3) is 0.235. The van der Waals surface area contributed by atoms with E-state index < -0.39 is 17.7 Å². The van der Waals surface area contributed by atoms with E-state index in [1.165, 1.54) is 6.07 Å². The molecule has 0 bridgehead atoms. The maximum absolute atomic E-state index is 11.8. The third-order valence-corrected chi connectivity index (χ3v) is 2.89. The molecule has 0 aliphatic rings. The molecule has 6 nitrogen and oxygen atoms in total. The van der Waals surface area contributed by atoms with Crippen LogP contribution >= 0.6 is 0 Å². The molecular formula is C17H18N2O4. The average Bonchev–Trinajstić information content (AvgIpc) is 2.46. The molecule has 1 aromatic carbocycles. The molecule has 0 spiro atoms. The van der Waals surface area contributed by atoms with Gasteiger partial charge in [0.05, 0.1) is 5.56 Å². The molecule has 0 fully saturated rings. The number of hydrogen-bond acceptors (Lipinski definition) is 4. The minimum absolute atomic E-state index is 0.0877. The summed E-state index contributed by atoms with van der Waals surface area (Å²) in [6, 6.07) is 8.13. The van der Waals surface area contributed by atoms with Crippen molar-refractivity contribution in [3.8, 4) is 11.1 Å². The average molecular weight is 314 g/mol. The molecule has 120 valence electrons. The molecule has 6 heteroatoms. The van der Waals surface area contributed by atoms with Crippen LogP contribution in [0.25, 0.3) is 11.1 Å². The fourth-order valence-electron chi connectivity index (χ4n) is 2.00. The van der Waals surface area contributed by atoms with E-state index in [1.54, 1.807) is 57.4 Å². The van der Waals surface area contributed by atoms with E-state index in [2.05, 4.69) is 10.3 Å². The number of amides is 1. The molecular weight excluding hydrogens is 296 g/mol. The van der Waals surface area contributed by atoms with E-state index >= 15 is 0 Å². The Morgan fingerprint density at radius 2 is 1.78 bits per heavy atom. The number of aromatic nitrogens is 1. The highest BCUT2D eigenvalue weighted by molar-refractivity contribution is 5.98. The van der Waals surface area contributed by atoms with Crippen molar-refractivity contribution in [3.63, 3.8) is 0 Å². The number of nitrogens with one attached hydrogen (secondary N) is 1. The van der Waals surface area contributed by atoms with Crippen LogP contribution in [0.1, 0.15) is 31.1 Å². The summed E-state index contributed by atoms with van der Waals surface area (Å²) in [5.74, 6) is -1.08. The molecule has 0 radical (unpaired) electrons. The Morgan fingerprint density at radius 1 is 1.13 bits per heavy atom. The molecule has 0 aliphatic carbocycles. The third kappa shape index (κ3) is 4.54. The zero-order valence-electron chi connectivity index (χ0n) is 13.2. The fourth-order valence-corrected chi connectivity index (χ4v) is 2.00. The summed E-state index contributed by atoms with van der Waals surface area (Å²) in [6.45, 7) is 5.26. The van der Waals surface area contributed by atoms with Crippen LogP contribution in [0.3, 0.4) is 0 Å². The number of carboxylic acids is 1. The Hall–Kier alpha value is -2.89. The van der Waals surface area contributed by atoms with Crippen LogP contribution in [0, 0.1) is 0 Å². The molecule has 0 unspecified atom stereocenters. The van der Waals surface area contributed by atoms with Crippen LogP contribution in [0.4, 0.5) is 10.5 Å². The van der Waals surface area contributed by atoms with Crippen molar-refractivity contribution >= 4 is 17.7 Å². The number of hydrogen-bond donors (Lipinski definition) is 2. The van der Waals surface area contributed by atoms with Crippen LogP contribution in [-0.2, 0) is 4.74 Å². The lowest BCUT2D eigenvalue weighted by Crippen LogP contribution is -2.27. The minimum Gasteiger partial charge on any atom is -0.478 e. The van der Waals surface area contributed by atoms with Gasteiger partial charge in [-0.1, -0.05) is 6.07 Å². The molecule has 1 amide bonds. The lowest BCUT2D eigenvalue weighted by atomic mass is 10.00. The van der Waals surface area contributed by atoms with Gasteiger partial charge >= 0.3 is 12.1 Å². The molecule has 2 rings (SSSR count). The summed E-state index contributed by atoms with van der Waals surface area (Å²) in [5, 5.41) is 11.9. The van der Waals surface area contributed by atoms with E-state index in [1.807, 2.05) is 0 Å². The van der Waals surface area contributed by atoms with Gasteiger partial charge in [0.2, 0.25) is 0 Å². The van der Waals surface area contributed by atoms with Gasteiger partial charge in [0.1, 0.15) is 5.60 Å². The highest BCUT2D eigenvalue weighted by atomic mass is 16.6. The third-order valence-electron chi connectivity index (χ3n) is 2.89. The summed E-state index contributed by atoms with van der Waals surface area (Å²) in [5.41, 5.74) is 1.10. The van der Waals surface area contributed by atoms with Crippen molar-refractivity contribution in [3.05, 3.63) is 48.3 Å². The normalized spacial score (nSPS) is 10.9. The molecule has 1 heterocycles. The number of carboxylic acid groups (broad SMARTS) is 1. The number of carbonyl (C=O) groups is 2. The molecule has 0 aliphatic heterocycles. The van der Waals surface area contributed by atoms with Crippen LogP contribution < -0.4 is 5.32 Å². The van der Waals surface area contributed by atoms with Gasteiger partial charge in [0.15, 0.2) is 0 Å². The van der Waals surface area contributed by atoms with E-state index in [0.717, 1.165) is 5.56 Å². The highest BCUT2D eigenvalue weighted by Crippen LogP contribution is 2.26. The Bertz CT molecular complexity index is 721. The lowest BCUT2D eigenvalue weighted by Gasteiger charge is -2.20. The molecule has 2 aromatic rings. The zero-order chi connectivity index (χ0) is 17.0. The van der Waals surface area contributed by atoms with E-state index in [-0.39, 0.29) is 5.56 Å². The number of carbonyl (C=O) groups excluding carboxylic acids is 1. The summed E-state index contributed by atoms with van der Waals surface area (Å²) in [7, 11) is 0. The molecule has 1 aromatic heterocycles. The van der Waals surface area contributed by atoms with Gasteiger partial charge in [-0.3, -0.25) is 10.3 Å². The predicted molar refractivity (Wildman–Crippen MR) is 86.5 cm³/mol. The van der Waals surface area contributed by atoms with Gasteiger partial charge in [-0.05, 0) is 56.2 Å². The van der Waals surface area contributed by atoms with Gasteiger partial charge in [-0.2, -0.15) is 0 Å². The molecule has 0 atom stereocenters. The Balaban J connectivity index is 2.30. The second-order valence-electron chi connectivity index (χ2n) is 5.93. The standard InChI is InChI=1S/C17H18N2O4/c1-17(2,3)23-16(22)19-12-4-5-13(14(10-12)15(20)21)11-6-8-18-9-7-11/h4-10H,1-3H3,(H,19,22)(H,20,21). The molecule has 2 N–H and O–H groups in total. The largest absolute Gasteiger partial charge is 0.478 e. The maximum atomic E-state index is 11.8. The van der Waals surface area contributed by atoms with Crippen LogP contribution in [0.5, 0.6) is 0 Å². The number of benzene rings is 1. The van der Waals surface area contributed by atoms with Crippen LogP contribution in [-0.4, -0.2) is 27.8 Å². The topological polar surface area (TPSA) is 88.5 Å². The Kier molecular flexibility index (Phi) is 4.64. The second-order valence-corrected chi connectivity index (χ2v) is 5.93. The van der Waals surface area contributed by atoms with E-state index in [9.17, 15) is 14.7 Å². The number of anilines is 1. The van der Waals surface area contributed by atoms with Crippen molar-refractivity contribution < 1.29 is 19.4 Å². The van der Waals surface area contributed by atoms with E-state index in [0.29, 0.717) is 11.3 Å². The minimum atomic E-state index is -1.08. The highest BCUT2D eigenvalue weighted by Gasteiger charge is 2.18. The second kappa shape index (κ2) is 6.48. The summed E-state index contributed by atoms with van der Waals surface area (Å²) < 4.78 is 5.15. The molecule has 0 saturated carbocycles. The van der Waals surface area contributed by atoms with Gasteiger partial charge in [0, 0.05) is 18.1 Å². The van der Waals surface area contributed by atoms with Gasteiger partial charge < -0.3 is 9.84 Å². The molecule has 0 saturated heterocycles. The van der Waals surface area contributed by atoms with Crippen molar-refractivity contribution in [2.45, 2.75) is 26.4 Å². The first-order chi connectivity index (χ1) is 10.8. The summed E-state index contributed by atoms with van der Waals surface area (Å²) >= 11 is 0. The summed E-state index contributed by atoms with van der Waals surface area (Å²) in [6.07, 6.45) is 2.55. The Labute approximate surface area is 134 Å². The molecule has 23 heavy (non-hydrogen) atoms. The van der Waals surface area contributed by atoms with Gasteiger partial charge in [-0.25, -0.2) is 9.59 Å². The predicted octanol–water partition coefficient (Wildman–Crippen LogP) is 3.79. The van der Waals surface area contributed by atoms with E-state index in [4.69, 9.17) is 4.74 Å². The summed E-state index contributed by atoms with van der Waals surface area (Å²) in [4.78, 5) is 27.2. The number of nitrogens with zero attached hydrogens (tertiary/aromatic N) is 1. The smallest absolute Gasteiger partial charge is 0.412 e. The number of rotatable bonds is 3. The zero-order valence-corrected chi connectivity index (χ0v) is 13.2. The van der Waals surface area contributed by atoms with Crippen molar-refractivity contribution in [1.82, 2.24) is 4.98 Å². The first-order valence-electron chi connectivity index (χ1n) is 7.04. The van der Waals surface area contributed by atoms with Crippen LogP contribution in [0.2, 0.25) is 0 Å². The van der Waals surface area contributed by atoms with Gasteiger partial charge in [0.25, 0.3) is 0 Å². The van der Waals surface area contributed by atoms with Crippen LogP contribution in [0.15, 0.2) is 42.7 Å². The number of pyridine rings is 1. The number of ether oxygens (including phenoxy) is 1. The first kappa shape index (κ1) is 16.5. The SMILES string of the molecule is CC(C)(C)OC(=O)Nc1ccc(-c2ccncc2)c(C(=O)O)c1. The van der Waals surface area contributed by atoms with Crippen molar-refractivity contribution in [1.29, 1.82) is 0 Å². The monoisotopic (exact) mass is 314 g/mol. The Morgan fingerprint density at radius 3 is 2.35 bits per heavy atom. The maximum Gasteiger partial charge on any atom is 0.412 e. The first-order valence-corrected chi connectivity index (χ1v) is 7.04.